The molecule has 1 saturated heterocycles. The SMILES string of the molecule is COc1cc(CN2CCNC(C)C2)cc(Br)c1OC(F)F. The fourth-order valence-corrected chi connectivity index (χ4v) is 3.06. The van der Waals surface area contributed by atoms with Gasteiger partial charge in [0.25, 0.3) is 0 Å². The van der Waals surface area contributed by atoms with Crippen molar-refractivity contribution in [3.05, 3.63) is 22.2 Å². The average Bonchev–Trinajstić information content (AvgIpc) is 2.41. The van der Waals surface area contributed by atoms with Crippen LogP contribution in [0.25, 0.3) is 0 Å². The van der Waals surface area contributed by atoms with Gasteiger partial charge < -0.3 is 14.8 Å². The summed E-state index contributed by atoms with van der Waals surface area (Å²) in [6.07, 6.45) is 0. The number of ether oxygens (including phenoxy) is 2. The smallest absolute Gasteiger partial charge is 0.387 e. The number of rotatable bonds is 5. The zero-order valence-corrected chi connectivity index (χ0v) is 13.6. The largest absolute Gasteiger partial charge is 0.493 e. The summed E-state index contributed by atoms with van der Waals surface area (Å²) in [6, 6.07) is 3.99. The number of nitrogens with one attached hydrogen (secondary N) is 1. The van der Waals surface area contributed by atoms with Gasteiger partial charge in [-0.3, -0.25) is 4.90 Å². The van der Waals surface area contributed by atoms with Crippen LogP contribution in [-0.2, 0) is 6.54 Å². The maximum atomic E-state index is 12.4. The molecule has 0 saturated carbocycles. The zero-order chi connectivity index (χ0) is 15.4. The minimum atomic E-state index is -2.88. The van der Waals surface area contributed by atoms with Crippen LogP contribution in [0, 0.1) is 0 Å². The molecular weight excluding hydrogens is 346 g/mol. The van der Waals surface area contributed by atoms with Crippen LogP contribution in [0.4, 0.5) is 8.78 Å². The van der Waals surface area contributed by atoms with Crippen molar-refractivity contribution in [2.75, 3.05) is 26.7 Å². The first kappa shape index (κ1) is 16.5. The lowest BCUT2D eigenvalue weighted by Gasteiger charge is -2.32. The molecule has 7 heteroatoms. The number of alkyl halides is 2. The Morgan fingerprint density at radius 2 is 2.24 bits per heavy atom. The molecule has 0 bridgehead atoms. The topological polar surface area (TPSA) is 33.7 Å². The number of nitrogens with zero attached hydrogens (tertiary/aromatic N) is 1. The third-order valence-corrected chi connectivity index (χ3v) is 3.94. The number of halogens is 3. The fourth-order valence-electron chi connectivity index (χ4n) is 2.48. The normalized spacial score (nSPS) is 19.8. The molecule has 0 aromatic heterocycles. The van der Waals surface area contributed by atoms with Crippen molar-refractivity contribution in [1.29, 1.82) is 0 Å². The molecule has 1 aromatic rings. The molecule has 0 spiro atoms. The number of hydrogen-bond donors (Lipinski definition) is 1. The van der Waals surface area contributed by atoms with E-state index in [9.17, 15) is 8.78 Å². The van der Waals surface area contributed by atoms with E-state index in [1.165, 1.54) is 7.11 Å². The van der Waals surface area contributed by atoms with Crippen LogP contribution in [0.2, 0.25) is 0 Å². The van der Waals surface area contributed by atoms with Gasteiger partial charge in [0.15, 0.2) is 11.5 Å². The Morgan fingerprint density at radius 3 is 2.86 bits per heavy atom. The van der Waals surface area contributed by atoms with Crippen molar-refractivity contribution in [1.82, 2.24) is 10.2 Å². The van der Waals surface area contributed by atoms with Crippen molar-refractivity contribution in [2.24, 2.45) is 0 Å². The molecule has 1 fully saturated rings. The molecule has 1 atom stereocenters. The Bertz CT molecular complexity index is 488. The van der Waals surface area contributed by atoms with Gasteiger partial charge in [-0.15, -0.1) is 0 Å². The first-order valence-corrected chi connectivity index (χ1v) is 7.56. The summed E-state index contributed by atoms with van der Waals surface area (Å²) in [5.74, 6) is 0.341. The Kier molecular flexibility index (Phi) is 5.78. The summed E-state index contributed by atoms with van der Waals surface area (Å²) in [4.78, 5) is 2.32. The summed E-state index contributed by atoms with van der Waals surface area (Å²) < 4.78 is 35.0. The Balaban J connectivity index is 2.15. The van der Waals surface area contributed by atoms with E-state index < -0.39 is 6.61 Å². The van der Waals surface area contributed by atoms with Crippen LogP contribution in [-0.4, -0.2) is 44.3 Å². The minimum Gasteiger partial charge on any atom is -0.493 e. The van der Waals surface area contributed by atoms with Gasteiger partial charge in [0, 0.05) is 32.2 Å². The van der Waals surface area contributed by atoms with Crippen LogP contribution in [0.5, 0.6) is 11.5 Å². The van der Waals surface area contributed by atoms with E-state index in [0.717, 1.165) is 31.7 Å². The first-order chi connectivity index (χ1) is 9.99. The molecule has 1 N–H and O–H groups in total. The fraction of sp³-hybridized carbons (Fsp3) is 0.571. The van der Waals surface area contributed by atoms with Crippen molar-refractivity contribution >= 4 is 15.9 Å². The summed E-state index contributed by atoms with van der Waals surface area (Å²) in [7, 11) is 1.44. The molecule has 1 aromatic carbocycles. The average molecular weight is 365 g/mol. The molecule has 21 heavy (non-hydrogen) atoms. The van der Waals surface area contributed by atoms with Crippen LogP contribution < -0.4 is 14.8 Å². The van der Waals surface area contributed by atoms with Gasteiger partial charge in [-0.05, 0) is 40.5 Å². The minimum absolute atomic E-state index is 0.0323. The van der Waals surface area contributed by atoms with Gasteiger partial charge in [0.1, 0.15) is 0 Å². The highest BCUT2D eigenvalue weighted by molar-refractivity contribution is 9.10. The number of hydrogen-bond acceptors (Lipinski definition) is 4. The lowest BCUT2D eigenvalue weighted by molar-refractivity contribution is -0.0517. The van der Waals surface area contributed by atoms with E-state index in [0.29, 0.717) is 16.3 Å². The Labute approximate surface area is 131 Å². The second-order valence-corrected chi connectivity index (χ2v) is 5.93. The third kappa shape index (κ3) is 4.52. The van der Waals surface area contributed by atoms with Crippen molar-refractivity contribution < 1.29 is 18.3 Å². The predicted octanol–water partition coefficient (Wildman–Crippen LogP) is 2.85. The van der Waals surface area contributed by atoms with Crippen LogP contribution in [0.1, 0.15) is 12.5 Å². The summed E-state index contributed by atoms with van der Waals surface area (Å²) in [6.45, 7) is 2.87. The molecule has 1 aliphatic heterocycles. The summed E-state index contributed by atoms with van der Waals surface area (Å²) in [5, 5.41) is 3.38. The zero-order valence-electron chi connectivity index (χ0n) is 12.0. The molecule has 1 heterocycles. The molecule has 0 amide bonds. The maximum absolute atomic E-state index is 12.4. The highest BCUT2D eigenvalue weighted by atomic mass is 79.9. The highest BCUT2D eigenvalue weighted by Gasteiger charge is 2.19. The second-order valence-electron chi connectivity index (χ2n) is 5.08. The molecule has 1 aliphatic rings. The van der Waals surface area contributed by atoms with Crippen LogP contribution in [0.3, 0.4) is 0 Å². The van der Waals surface area contributed by atoms with E-state index in [2.05, 4.69) is 37.8 Å². The third-order valence-electron chi connectivity index (χ3n) is 3.36. The Hall–Kier alpha value is -0.920. The number of benzene rings is 1. The van der Waals surface area contributed by atoms with Gasteiger partial charge in [-0.1, -0.05) is 0 Å². The van der Waals surface area contributed by atoms with Gasteiger partial charge in [0.05, 0.1) is 11.6 Å². The molecule has 4 nitrogen and oxygen atoms in total. The summed E-state index contributed by atoms with van der Waals surface area (Å²) >= 11 is 3.27. The van der Waals surface area contributed by atoms with Gasteiger partial charge in [0.2, 0.25) is 0 Å². The van der Waals surface area contributed by atoms with Crippen LogP contribution >= 0.6 is 15.9 Å². The van der Waals surface area contributed by atoms with E-state index in [4.69, 9.17) is 4.74 Å². The molecule has 0 aliphatic carbocycles. The molecule has 0 radical (unpaired) electrons. The molecule has 118 valence electrons. The van der Waals surface area contributed by atoms with E-state index >= 15 is 0 Å². The van der Waals surface area contributed by atoms with Gasteiger partial charge in [-0.25, -0.2) is 0 Å². The van der Waals surface area contributed by atoms with Crippen molar-refractivity contribution in [3.8, 4) is 11.5 Å². The highest BCUT2D eigenvalue weighted by Crippen LogP contribution is 2.38. The maximum Gasteiger partial charge on any atom is 0.387 e. The first-order valence-electron chi connectivity index (χ1n) is 6.76. The Morgan fingerprint density at radius 1 is 1.48 bits per heavy atom. The predicted molar refractivity (Wildman–Crippen MR) is 80.1 cm³/mol. The lowest BCUT2D eigenvalue weighted by Crippen LogP contribution is -2.48. The second kappa shape index (κ2) is 7.38. The van der Waals surface area contributed by atoms with E-state index in [1.807, 2.05) is 0 Å². The number of piperazine rings is 1. The number of methoxy groups -OCH3 is 1. The van der Waals surface area contributed by atoms with Crippen LogP contribution in [0.15, 0.2) is 16.6 Å². The standard InChI is InChI=1S/C14H19BrF2N2O2/c1-9-7-19(4-3-18-9)8-10-5-11(15)13(21-14(16)17)12(6-10)20-2/h5-6,9,14,18H,3-4,7-8H2,1-2H3. The van der Waals surface area contributed by atoms with Crippen molar-refractivity contribution in [2.45, 2.75) is 26.1 Å². The lowest BCUT2D eigenvalue weighted by atomic mass is 10.1. The van der Waals surface area contributed by atoms with Gasteiger partial charge >= 0.3 is 6.61 Å². The summed E-state index contributed by atoms with van der Waals surface area (Å²) in [5.41, 5.74) is 0.995. The molecule has 2 rings (SSSR count). The van der Waals surface area contributed by atoms with Gasteiger partial charge in [-0.2, -0.15) is 8.78 Å². The molecular formula is C14H19BrF2N2O2. The van der Waals surface area contributed by atoms with E-state index in [-0.39, 0.29) is 5.75 Å². The monoisotopic (exact) mass is 364 g/mol. The van der Waals surface area contributed by atoms with E-state index in [1.54, 1.807) is 12.1 Å². The van der Waals surface area contributed by atoms with Crippen molar-refractivity contribution in [3.63, 3.8) is 0 Å². The quantitative estimate of drug-likeness (QED) is 0.870. The molecule has 1 unspecified atom stereocenters.